The Balaban J connectivity index is 2.65. The second-order valence-corrected chi connectivity index (χ2v) is 5.36. The molecule has 0 saturated heterocycles. The Labute approximate surface area is 116 Å². The van der Waals surface area contributed by atoms with Crippen LogP contribution < -0.4 is 5.32 Å². The Kier molecular flexibility index (Phi) is 4.91. The molecule has 1 aromatic rings. The van der Waals surface area contributed by atoms with E-state index in [9.17, 15) is 9.59 Å². The van der Waals surface area contributed by atoms with Crippen LogP contribution in [0.3, 0.4) is 0 Å². The van der Waals surface area contributed by atoms with Crippen molar-refractivity contribution < 1.29 is 19.4 Å². The fourth-order valence-electron chi connectivity index (χ4n) is 1.25. The highest BCUT2D eigenvalue weighted by atomic mass is 35.5. The van der Waals surface area contributed by atoms with Gasteiger partial charge in [0, 0.05) is 5.69 Å². The van der Waals surface area contributed by atoms with Crippen LogP contribution in [-0.2, 0) is 9.53 Å². The zero-order valence-electron chi connectivity index (χ0n) is 11.0. The van der Waals surface area contributed by atoms with E-state index in [1.54, 1.807) is 0 Å². The quantitative estimate of drug-likeness (QED) is 0.892. The number of carboxylic acid groups (broad SMARTS) is 1. The van der Waals surface area contributed by atoms with Crippen LogP contribution in [0.25, 0.3) is 0 Å². The monoisotopic (exact) mass is 285 g/mol. The molecule has 0 aliphatic heterocycles. The van der Waals surface area contributed by atoms with Gasteiger partial charge in [0.25, 0.3) is 0 Å². The molecule has 0 heterocycles. The molecular weight excluding hydrogens is 270 g/mol. The molecule has 0 fully saturated rings. The van der Waals surface area contributed by atoms with Crippen LogP contribution in [0.5, 0.6) is 0 Å². The summed E-state index contributed by atoms with van der Waals surface area (Å²) in [7, 11) is 0. The molecule has 1 aromatic carbocycles. The molecule has 0 aliphatic rings. The van der Waals surface area contributed by atoms with Crippen molar-refractivity contribution in [3.63, 3.8) is 0 Å². The van der Waals surface area contributed by atoms with Crippen LogP contribution in [0.1, 0.15) is 31.1 Å². The zero-order chi connectivity index (χ0) is 14.6. The molecule has 0 aromatic heterocycles. The van der Waals surface area contributed by atoms with Crippen molar-refractivity contribution in [3.8, 4) is 0 Å². The predicted octanol–water partition coefficient (Wildman–Crippen LogP) is 2.79. The molecule has 0 saturated carbocycles. The molecule has 0 atom stereocenters. The Bertz CT molecular complexity index is 494. The molecule has 2 N–H and O–H groups in total. The number of hydrogen-bond donors (Lipinski definition) is 2. The SMILES string of the molecule is CC(C)(C)OCC(=O)Nc1ccc(C(=O)O)c(Cl)c1. The number of anilines is 1. The van der Waals surface area contributed by atoms with Crippen molar-refractivity contribution in [3.05, 3.63) is 28.8 Å². The van der Waals surface area contributed by atoms with Gasteiger partial charge in [-0.3, -0.25) is 4.79 Å². The maximum atomic E-state index is 11.6. The number of rotatable bonds is 4. The highest BCUT2D eigenvalue weighted by molar-refractivity contribution is 6.33. The lowest BCUT2D eigenvalue weighted by atomic mass is 10.2. The minimum atomic E-state index is -1.11. The van der Waals surface area contributed by atoms with E-state index in [0.29, 0.717) is 5.69 Å². The molecule has 6 heteroatoms. The van der Waals surface area contributed by atoms with Gasteiger partial charge in [0.1, 0.15) is 6.61 Å². The lowest BCUT2D eigenvalue weighted by Crippen LogP contribution is -2.27. The first kappa shape index (κ1) is 15.5. The van der Waals surface area contributed by atoms with E-state index in [2.05, 4.69) is 5.32 Å². The summed E-state index contributed by atoms with van der Waals surface area (Å²) in [6, 6.07) is 4.20. The first-order valence-electron chi connectivity index (χ1n) is 5.66. The van der Waals surface area contributed by atoms with Crippen molar-refractivity contribution in [1.82, 2.24) is 0 Å². The predicted molar refractivity (Wildman–Crippen MR) is 72.7 cm³/mol. The molecule has 5 nitrogen and oxygen atoms in total. The van der Waals surface area contributed by atoms with Crippen molar-refractivity contribution in [2.24, 2.45) is 0 Å². The summed E-state index contributed by atoms with van der Waals surface area (Å²) in [6.07, 6.45) is 0. The highest BCUT2D eigenvalue weighted by Crippen LogP contribution is 2.21. The van der Waals surface area contributed by atoms with Crippen LogP contribution in [0.15, 0.2) is 18.2 Å². The zero-order valence-corrected chi connectivity index (χ0v) is 11.7. The van der Waals surface area contributed by atoms with Crippen LogP contribution in [0, 0.1) is 0 Å². The first-order valence-corrected chi connectivity index (χ1v) is 6.03. The van der Waals surface area contributed by atoms with Crippen molar-refractivity contribution in [2.75, 3.05) is 11.9 Å². The van der Waals surface area contributed by atoms with Gasteiger partial charge in [-0.25, -0.2) is 4.79 Å². The summed E-state index contributed by atoms with van der Waals surface area (Å²) in [5.74, 6) is -1.44. The van der Waals surface area contributed by atoms with Crippen LogP contribution in [0.4, 0.5) is 5.69 Å². The molecule has 0 unspecified atom stereocenters. The Morgan fingerprint density at radius 3 is 2.47 bits per heavy atom. The van der Waals surface area contributed by atoms with Crippen molar-refractivity contribution in [1.29, 1.82) is 0 Å². The third kappa shape index (κ3) is 5.28. The number of hydrogen-bond acceptors (Lipinski definition) is 3. The molecule has 104 valence electrons. The molecule has 0 bridgehead atoms. The minimum absolute atomic E-state index is 0.00870. The number of halogens is 1. The van der Waals surface area contributed by atoms with Gasteiger partial charge in [0.05, 0.1) is 16.2 Å². The summed E-state index contributed by atoms with van der Waals surface area (Å²) < 4.78 is 5.32. The topological polar surface area (TPSA) is 75.6 Å². The number of ether oxygens (including phenoxy) is 1. The third-order valence-electron chi connectivity index (χ3n) is 2.12. The van der Waals surface area contributed by atoms with Gasteiger partial charge in [0.2, 0.25) is 5.91 Å². The summed E-state index contributed by atoms with van der Waals surface area (Å²) >= 11 is 5.79. The van der Waals surface area contributed by atoms with E-state index in [0.717, 1.165) is 0 Å². The normalized spacial score (nSPS) is 11.2. The van der Waals surface area contributed by atoms with E-state index in [1.165, 1.54) is 18.2 Å². The number of carbonyl (C=O) groups is 2. The smallest absolute Gasteiger partial charge is 0.337 e. The van der Waals surface area contributed by atoms with Crippen LogP contribution >= 0.6 is 11.6 Å². The summed E-state index contributed by atoms with van der Waals surface area (Å²) in [5.41, 5.74) is 0.0189. The lowest BCUT2D eigenvalue weighted by molar-refractivity contribution is -0.125. The van der Waals surface area contributed by atoms with E-state index >= 15 is 0 Å². The molecule has 1 amide bonds. The maximum Gasteiger partial charge on any atom is 0.337 e. The molecule has 1 rings (SSSR count). The average molecular weight is 286 g/mol. The van der Waals surface area contributed by atoms with Crippen molar-refractivity contribution in [2.45, 2.75) is 26.4 Å². The summed E-state index contributed by atoms with van der Waals surface area (Å²) in [5, 5.41) is 11.5. The van der Waals surface area contributed by atoms with Gasteiger partial charge in [-0.1, -0.05) is 11.6 Å². The molecular formula is C13H16ClNO4. The van der Waals surface area contributed by atoms with Crippen LogP contribution in [-0.4, -0.2) is 29.2 Å². The number of aromatic carboxylic acids is 1. The number of benzene rings is 1. The minimum Gasteiger partial charge on any atom is -0.478 e. The van der Waals surface area contributed by atoms with E-state index in [-0.39, 0.29) is 23.1 Å². The number of amides is 1. The molecule has 0 aliphatic carbocycles. The second kappa shape index (κ2) is 6.04. The average Bonchev–Trinajstić information content (AvgIpc) is 2.25. The van der Waals surface area contributed by atoms with Gasteiger partial charge in [0.15, 0.2) is 0 Å². The summed E-state index contributed by atoms with van der Waals surface area (Å²) in [6.45, 7) is 5.46. The van der Waals surface area contributed by atoms with Gasteiger partial charge in [-0.2, -0.15) is 0 Å². The largest absolute Gasteiger partial charge is 0.478 e. The van der Waals surface area contributed by atoms with Gasteiger partial charge >= 0.3 is 5.97 Å². The van der Waals surface area contributed by atoms with Gasteiger partial charge in [-0.05, 0) is 39.0 Å². The van der Waals surface area contributed by atoms with E-state index in [4.69, 9.17) is 21.4 Å². The maximum absolute atomic E-state index is 11.6. The number of nitrogens with one attached hydrogen (secondary N) is 1. The van der Waals surface area contributed by atoms with Gasteiger partial charge in [-0.15, -0.1) is 0 Å². The number of carboxylic acids is 1. The van der Waals surface area contributed by atoms with E-state index < -0.39 is 11.6 Å². The van der Waals surface area contributed by atoms with Crippen LogP contribution in [0.2, 0.25) is 5.02 Å². The Morgan fingerprint density at radius 1 is 1.37 bits per heavy atom. The fraction of sp³-hybridized carbons (Fsp3) is 0.385. The van der Waals surface area contributed by atoms with E-state index in [1.807, 2.05) is 20.8 Å². The van der Waals surface area contributed by atoms with Crippen molar-refractivity contribution >= 4 is 29.2 Å². The highest BCUT2D eigenvalue weighted by Gasteiger charge is 2.14. The van der Waals surface area contributed by atoms with Gasteiger partial charge < -0.3 is 15.2 Å². The third-order valence-corrected chi connectivity index (χ3v) is 2.43. The Hall–Kier alpha value is -1.59. The molecule has 19 heavy (non-hydrogen) atoms. The molecule has 0 radical (unpaired) electrons. The standard InChI is InChI=1S/C13H16ClNO4/c1-13(2,3)19-7-11(16)15-8-4-5-9(12(17)18)10(14)6-8/h4-6H,7H2,1-3H3,(H,15,16)(H,17,18). The molecule has 0 spiro atoms. The Morgan fingerprint density at radius 2 is 2.00 bits per heavy atom. The lowest BCUT2D eigenvalue weighted by Gasteiger charge is -2.19. The summed E-state index contributed by atoms with van der Waals surface area (Å²) in [4.78, 5) is 22.4. The second-order valence-electron chi connectivity index (χ2n) is 4.95. The first-order chi connectivity index (χ1) is 8.69. The number of carbonyl (C=O) groups excluding carboxylic acids is 1. The fourth-order valence-corrected chi connectivity index (χ4v) is 1.51.